The molecule has 0 aliphatic carbocycles. The van der Waals surface area contributed by atoms with Gasteiger partial charge in [0.05, 0.1) is 11.6 Å². The Morgan fingerprint density at radius 3 is 2.48 bits per heavy atom. The molecule has 0 amide bonds. The number of nitrogens with two attached hydrogens (primary N) is 1. The Kier molecular flexibility index (Phi) is 4.78. The third-order valence-electron chi connectivity index (χ3n) is 3.30. The maximum atomic E-state index is 14.0. The van der Waals surface area contributed by atoms with E-state index in [9.17, 15) is 4.39 Å². The SMILES string of the molecule is CCCN(Cc1ccc(C#N)cc1F)c1ccc(N)cc1. The first-order valence-electron chi connectivity index (χ1n) is 6.93. The zero-order valence-corrected chi connectivity index (χ0v) is 12.0. The Morgan fingerprint density at radius 1 is 1.19 bits per heavy atom. The van der Waals surface area contributed by atoms with Crippen LogP contribution in [-0.4, -0.2) is 6.54 Å². The zero-order valence-electron chi connectivity index (χ0n) is 12.0. The van der Waals surface area contributed by atoms with Crippen molar-refractivity contribution in [3.05, 3.63) is 59.4 Å². The molecule has 0 saturated carbocycles. The fraction of sp³-hybridized carbons (Fsp3) is 0.235. The summed E-state index contributed by atoms with van der Waals surface area (Å²) in [7, 11) is 0. The van der Waals surface area contributed by atoms with Gasteiger partial charge in [-0.2, -0.15) is 5.26 Å². The highest BCUT2D eigenvalue weighted by Crippen LogP contribution is 2.21. The lowest BCUT2D eigenvalue weighted by Crippen LogP contribution is -2.24. The van der Waals surface area contributed by atoms with E-state index in [0.29, 0.717) is 23.4 Å². The van der Waals surface area contributed by atoms with Crippen molar-refractivity contribution < 1.29 is 4.39 Å². The van der Waals surface area contributed by atoms with E-state index in [2.05, 4.69) is 11.8 Å². The highest BCUT2D eigenvalue weighted by Gasteiger charge is 2.10. The number of halogens is 1. The van der Waals surface area contributed by atoms with Gasteiger partial charge in [-0.25, -0.2) is 4.39 Å². The lowest BCUT2D eigenvalue weighted by Gasteiger charge is -2.25. The van der Waals surface area contributed by atoms with E-state index in [1.807, 2.05) is 30.3 Å². The summed E-state index contributed by atoms with van der Waals surface area (Å²) in [5, 5.41) is 8.78. The number of nitriles is 1. The molecule has 2 rings (SSSR count). The molecule has 2 aromatic rings. The molecule has 4 heteroatoms. The molecule has 0 aliphatic rings. The lowest BCUT2D eigenvalue weighted by molar-refractivity contribution is 0.602. The largest absolute Gasteiger partial charge is 0.399 e. The van der Waals surface area contributed by atoms with Gasteiger partial charge in [-0.3, -0.25) is 0 Å². The third-order valence-corrected chi connectivity index (χ3v) is 3.30. The van der Waals surface area contributed by atoms with Crippen LogP contribution in [0, 0.1) is 17.1 Å². The van der Waals surface area contributed by atoms with E-state index in [1.165, 1.54) is 6.07 Å². The van der Waals surface area contributed by atoms with Crippen molar-refractivity contribution in [3.63, 3.8) is 0 Å². The van der Waals surface area contributed by atoms with Gasteiger partial charge >= 0.3 is 0 Å². The number of hydrogen-bond donors (Lipinski definition) is 1. The standard InChI is InChI=1S/C17H18FN3/c1-2-9-21(16-7-5-15(20)6-8-16)12-14-4-3-13(11-19)10-17(14)18/h3-8,10H,2,9,12,20H2,1H3. The summed E-state index contributed by atoms with van der Waals surface area (Å²) in [6.45, 7) is 3.37. The number of benzene rings is 2. The summed E-state index contributed by atoms with van der Waals surface area (Å²) in [5.74, 6) is -0.342. The fourth-order valence-corrected chi connectivity index (χ4v) is 2.21. The van der Waals surface area contributed by atoms with Gasteiger partial charge in [0.15, 0.2) is 0 Å². The van der Waals surface area contributed by atoms with Gasteiger partial charge in [0.1, 0.15) is 5.82 Å². The maximum Gasteiger partial charge on any atom is 0.129 e. The zero-order chi connectivity index (χ0) is 15.2. The molecule has 0 atom stereocenters. The van der Waals surface area contributed by atoms with Gasteiger partial charge in [-0.1, -0.05) is 13.0 Å². The Labute approximate surface area is 124 Å². The van der Waals surface area contributed by atoms with Crippen LogP contribution in [0.1, 0.15) is 24.5 Å². The molecule has 0 radical (unpaired) electrons. The van der Waals surface area contributed by atoms with E-state index in [0.717, 1.165) is 18.7 Å². The molecule has 108 valence electrons. The quantitative estimate of drug-likeness (QED) is 0.851. The minimum absolute atomic E-state index is 0.339. The highest BCUT2D eigenvalue weighted by atomic mass is 19.1. The van der Waals surface area contributed by atoms with Crippen molar-refractivity contribution in [2.75, 3.05) is 17.2 Å². The molecule has 21 heavy (non-hydrogen) atoms. The van der Waals surface area contributed by atoms with Crippen molar-refractivity contribution in [2.45, 2.75) is 19.9 Å². The van der Waals surface area contributed by atoms with E-state index >= 15 is 0 Å². The van der Waals surface area contributed by atoms with E-state index in [4.69, 9.17) is 11.0 Å². The average molecular weight is 283 g/mol. The molecule has 2 aromatic carbocycles. The second-order valence-electron chi connectivity index (χ2n) is 4.93. The van der Waals surface area contributed by atoms with E-state index in [-0.39, 0.29) is 5.82 Å². The predicted octanol–water partition coefficient (Wildman–Crippen LogP) is 3.70. The second kappa shape index (κ2) is 6.76. The molecule has 0 bridgehead atoms. The average Bonchev–Trinajstić information content (AvgIpc) is 2.49. The summed E-state index contributed by atoms with van der Waals surface area (Å²) in [6, 6.07) is 14.1. The van der Waals surface area contributed by atoms with Crippen molar-refractivity contribution in [1.29, 1.82) is 5.26 Å². The Morgan fingerprint density at radius 2 is 1.90 bits per heavy atom. The van der Waals surface area contributed by atoms with Crippen LogP contribution in [0.5, 0.6) is 0 Å². The normalized spacial score (nSPS) is 10.1. The van der Waals surface area contributed by atoms with Crippen LogP contribution in [0.4, 0.5) is 15.8 Å². The molecule has 0 aromatic heterocycles. The van der Waals surface area contributed by atoms with E-state index < -0.39 is 0 Å². The predicted molar refractivity (Wildman–Crippen MR) is 83.3 cm³/mol. The highest BCUT2D eigenvalue weighted by molar-refractivity contribution is 5.53. The van der Waals surface area contributed by atoms with Gasteiger partial charge in [0.2, 0.25) is 0 Å². The number of nitrogen functional groups attached to an aromatic ring is 1. The molecule has 0 aliphatic heterocycles. The number of rotatable bonds is 5. The van der Waals surface area contributed by atoms with Crippen molar-refractivity contribution in [1.82, 2.24) is 0 Å². The molecule has 0 fully saturated rings. The Bertz CT molecular complexity index is 644. The van der Waals surface area contributed by atoms with Crippen molar-refractivity contribution >= 4 is 11.4 Å². The Balaban J connectivity index is 2.24. The maximum absolute atomic E-state index is 14.0. The van der Waals surface area contributed by atoms with Crippen LogP contribution in [-0.2, 0) is 6.54 Å². The Hall–Kier alpha value is -2.54. The molecular weight excluding hydrogens is 265 g/mol. The van der Waals surface area contributed by atoms with Crippen LogP contribution < -0.4 is 10.6 Å². The molecule has 2 N–H and O–H groups in total. The fourth-order valence-electron chi connectivity index (χ4n) is 2.21. The monoisotopic (exact) mass is 283 g/mol. The number of anilines is 2. The molecule has 0 heterocycles. The number of hydrogen-bond acceptors (Lipinski definition) is 3. The second-order valence-corrected chi connectivity index (χ2v) is 4.93. The molecule has 0 spiro atoms. The van der Waals surface area contributed by atoms with Crippen molar-refractivity contribution in [3.8, 4) is 6.07 Å². The van der Waals surface area contributed by atoms with Crippen LogP contribution >= 0.6 is 0 Å². The van der Waals surface area contributed by atoms with Gasteiger partial charge in [0.25, 0.3) is 0 Å². The summed E-state index contributed by atoms with van der Waals surface area (Å²) in [6.07, 6.45) is 0.961. The van der Waals surface area contributed by atoms with Crippen LogP contribution in [0.3, 0.4) is 0 Å². The molecule has 0 unspecified atom stereocenters. The minimum atomic E-state index is -0.342. The number of nitrogens with zero attached hydrogens (tertiary/aromatic N) is 2. The molecule has 3 nitrogen and oxygen atoms in total. The summed E-state index contributed by atoms with van der Waals surface area (Å²) in [4.78, 5) is 2.10. The summed E-state index contributed by atoms with van der Waals surface area (Å²) < 4.78 is 14.0. The van der Waals surface area contributed by atoms with E-state index in [1.54, 1.807) is 12.1 Å². The summed E-state index contributed by atoms with van der Waals surface area (Å²) >= 11 is 0. The van der Waals surface area contributed by atoms with Gasteiger partial charge < -0.3 is 10.6 Å². The van der Waals surface area contributed by atoms with Crippen LogP contribution in [0.15, 0.2) is 42.5 Å². The van der Waals surface area contributed by atoms with Crippen molar-refractivity contribution in [2.24, 2.45) is 0 Å². The molecule has 0 saturated heterocycles. The lowest BCUT2D eigenvalue weighted by atomic mass is 10.1. The third kappa shape index (κ3) is 3.73. The van der Waals surface area contributed by atoms with Gasteiger partial charge in [0, 0.05) is 30.0 Å². The van der Waals surface area contributed by atoms with Gasteiger partial charge in [-0.15, -0.1) is 0 Å². The molecular formula is C17H18FN3. The summed E-state index contributed by atoms with van der Waals surface area (Å²) in [5.41, 5.74) is 8.34. The van der Waals surface area contributed by atoms with Gasteiger partial charge in [-0.05, 0) is 42.8 Å². The first-order valence-corrected chi connectivity index (χ1v) is 6.93. The van der Waals surface area contributed by atoms with Crippen LogP contribution in [0.25, 0.3) is 0 Å². The van der Waals surface area contributed by atoms with Crippen LogP contribution in [0.2, 0.25) is 0 Å². The smallest absolute Gasteiger partial charge is 0.129 e. The first kappa shape index (κ1) is 14.9. The first-order chi connectivity index (χ1) is 10.1. The topological polar surface area (TPSA) is 53.0 Å². The minimum Gasteiger partial charge on any atom is -0.399 e.